The van der Waals surface area contributed by atoms with Crippen molar-refractivity contribution in [2.45, 2.75) is 25.0 Å². The van der Waals surface area contributed by atoms with Gasteiger partial charge in [0.05, 0.1) is 31.6 Å². The SMILES string of the molecule is COCCN(CCC(=O)N1CCC2(CC1)OCCO2)C(=O)c1ccoc1. The standard InChI is InChI=1S/C18H26N2O6/c1-23-11-9-20(17(22)15-3-10-24-14-15)6-2-16(21)19-7-4-18(5-8-19)25-12-13-26-18/h3,10,14H,2,4-9,11-13H2,1H3. The van der Waals surface area contributed by atoms with Crippen molar-refractivity contribution in [3.05, 3.63) is 24.2 Å². The molecule has 1 spiro atoms. The molecule has 2 amide bonds. The number of piperidine rings is 1. The molecule has 1 aromatic rings. The molecule has 26 heavy (non-hydrogen) atoms. The molecule has 0 radical (unpaired) electrons. The first-order valence-electron chi connectivity index (χ1n) is 9.00. The average Bonchev–Trinajstić information content (AvgIpc) is 3.34. The first-order chi connectivity index (χ1) is 12.6. The molecule has 2 aliphatic rings. The van der Waals surface area contributed by atoms with Gasteiger partial charge < -0.3 is 28.4 Å². The number of likely N-dealkylation sites (tertiary alicyclic amines) is 1. The lowest BCUT2D eigenvalue weighted by atomic mass is 10.0. The third kappa shape index (κ3) is 4.44. The van der Waals surface area contributed by atoms with Crippen molar-refractivity contribution in [1.82, 2.24) is 9.80 Å². The lowest BCUT2D eigenvalue weighted by Crippen LogP contribution is -2.48. The lowest BCUT2D eigenvalue weighted by Gasteiger charge is -2.37. The van der Waals surface area contributed by atoms with Crippen molar-refractivity contribution in [2.75, 3.05) is 53.1 Å². The molecule has 0 atom stereocenters. The molecule has 0 aromatic carbocycles. The van der Waals surface area contributed by atoms with Crippen LogP contribution in [0.15, 0.2) is 23.0 Å². The summed E-state index contributed by atoms with van der Waals surface area (Å²) in [5.74, 6) is -0.604. The summed E-state index contributed by atoms with van der Waals surface area (Å²) in [5.41, 5.74) is 0.476. The molecule has 8 nitrogen and oxygen atoms in total. The quantitative estimate of drug-likeness (QED) is 0.719. The molecule has 0 aliphatic carbocycles. The van der Waals surface area contributed by atoms with E-state index in [-0.39, 0.29) is 18.2 Å². The number of furan rings is 1. The van der Waals surface area contributed by atoms with Gasteiger partial charge in [0, 0.05) is 52.6 Å². The van der Waals surface area contributed by atoms with E-state index in [9.17, 15) is 9.59 Å². The predicted molar refractivity (Wildman–Crippen MR) is 91.6 cm³/mol. The molecule has 2 fully saturated rings. The summed E-state index contributed by atoms with van der Waals surface area (Å²) in [6.45, 7) is 3.67. The van der Waals surface area contributed by atoms with Crippen LogP contribution in [-0.2, 0) is 19.0 Å². The molecule has 0 N–H and O–H groups in total. The molecule has 8 heteroatoms. The van der Waals surface area contributed by atoms with Crippen LogP contribution in [0.1, 0.15) is 29.6 Å². The summed E-state index contributed by atoms with van der Waals surface area (Å²) in [7, 11) is 1.59. The first-order valence-corrected chi connectivity index (χ1v) is 9.00. The summed E-state index contributed by atoms with van der Waals surface area (Å²) < 4.78 is 21.4. The van der Waals surface area contributed by atoms with Gasteiger partial charge in [-0.25, -0.2) is 0 Å². The number of carbonyl (C=O) groups is 2. The van der Waals surface area contributed by atoms with Gasteiger partial charge in [0.15, 0.2) is 5.79 Å². The van der Waals surface area contributed by atoms with E-state index >= 15 is 0 Å². The molecular weight excluding hydrogens is 340 g/mol. The van der Waals surface area contributed by atoms with Gasteiger partial charge in [-0.05, 0) is 6.07 Å². The van der Waals surface area contributed by atoms with E-state index in [1.807, 2.05) is 4.90 Å². The highest BCUT2D eigenvalue weighted by atomic mass is 16.7. The van der Waals surface area contributed by atoms with Crippen molar-refractivity contribution >= 4 is 11.8 Å². The molecule has 3 rings (SSSR count). The topological polar surface area (TPSA) is 81.5 Å². The van der Waals surface area contributed by atoms with Crippen LogP contribution in [0.3, 0.4) is 0 Å². The van der Waals surface area contributed by atoms with E-state index < -0.39 is 5.79 Å². The number of nitrogens with zero attached hydrogens (tertiary/aromatic N) is 2. The molecule has 0 bridgehead atoms. The molecular formula is C18H26N2O6. The van der Waals surface area contributed by atoms with Crippen molar-refractivity contribution in [3.8, 4) is 0 Å². The number of ether oxygens (including phenoxy) is 3. The van der Waals surface area contributed by atoms with Crippen LogP contribution < -0.4 is 0 Å². The van der Waals surface area contributed by atoms with E-state index in [0.29, 0.717) is 64.4 Å². The highest BCUT2D eigenvalue weighted by molar-refractivity contribution is 5.94. The predicted octanol–water partition coefficient (Wildman–Crippen LogP) is 1.12. The summed E-state index contributed by atoms with van der Waals surface area (Å²) in [5, 5.41) is 0. The maximum absolute atomic E-state index is 12.5. The fourth-order valence-corrected chi connectivity index (χ4v) is 3.36. The Balaban J connectivity index is 1.50. The Bertz CT molecular complexity index is 587. The largest absolute Gasteiger partial charge is 0.472 e. The third-order valence-corrected chi connectivity index (χ3v) is 4.91. The third-order valence-electron chi connectivity index (χ3n) is 4.91. The summed E-state index contributed by atoms with van der Waals surface area (Å²) in [6, 6.07) is 1.62. The van der Waals surface area contributed by atoms with Gasteiger partial charge in [-0.15, -0.1) is 0 Å². The van der Waals surface area contributed by atoms with Crippen LogP contribution in [0.4, 0.5) is 0 Å². The molecule has 0 unspecified atom stereocenters. The van der Waals surface area contributed by atoms with E-state index in [1.54, 1.807) is 18.1 Å². The number of methoxy groups -OCH3 is 1. The van der Waals surface area contributed by atoms with Gasteiger partial charge in [0.25, 0.3) is 5.91 Å². The Labute approximate surface area is 153 Å². The summed E-state index contributed by atoms with van der Waals surface area (Å²) in [6.07, 6.45) is 4.54. The Hall–Kier alpha value is -1.90. The zero-order valence-electron chi connectivity index (χ0n) is 15.1. The average molecular weight is 366 g/mol. The van der Waals surface area contributed by atoms with Crippen LogP contribution in [0.2, 0.25) is 0 Å². The van der Waals surface area contributed by atoms with Gasteiger partial charge in [0.1, 0.15) is 6.26 Å². The van der Waals surface area contributed by atoms with E-state index in [4.69, 9.17) is 18.6 Å². The van der Waals surface area contributed by atoms with Gasteiger partial charge >= 0.3 is 0 Å². The maximum Gasteiger partial charge on any atom is 0.257 e. The molecule has 3 heterocycles. The lowest BCUT2D eigenvalue weighted by molar-refractivity contribution is -0.187. The fraction of sp³-hybridized carbons (Fsp3) is 0.667. The minimum Gasteiger partial charge on any atom is -0.472 e. The Kier molecular flexibility index (Phi) is 6.29. The minimum absolute atomic E-state index is 0.0419. The molecule has 2 saturated heterocycles. The second-order valence-electron chi connectivity index (χ2n) is 6.54. The Morgan fingerprint density at radius 3 is 2.58 bits per heavy atom. The van der Waals surface area contributed by atoms with Crippen molar-refractivity contribution < 1.29 is 28.2 Å². The van der Waals surface area contributed by atoms with E-state index in [0.717, 1.165) is 0 Å². The number of amides is 2. The van der Waals surface area contributed by atoms with Gasteiger partial charge in [-0.1, -0.05) is 0 Å². The van der Waals surface area contributed by atoms with Crippen LogP contribution >= 0.6 is 0 Å². The van der Waals surface area contributed by atoms with Crippen molar-refractivity contribution in [3.63, 3.8) is 0 Å². The highest BCUT2D eigenvalue weighted by Crippen LogP contribution is 2.31. The molecule has 0 saturated carbocycles. The summed E-state index contributed by atoms with van der Waals surface area (Å²) in [4.78, 5) is 28.5. The number of hydrogen-bond donors (Lipinski definition) is 0. The second-order valence-corrected chi connectivity index (χ2v) is 6.54. The van der Waals surface area contributed by atoms with Crippen LogP contribution in [0, 0.1) is 0 Å². The number of hydrogen-bond acceptors (Lipinski definition) is 6. The summed E-state index contributed by atoms with van der Waals surface area (Å²) >= 11 is 0. The van der Waals surface area contributed by atoms with E-state index in [2.05, 4.69) is 0 Å². The maximum atomic E-state index is 12.5. The number of carbonyl (C=O) groups excluding carboxylic acids is 2. The Morgan fingerprint density at radius 1 is 1.23 bits per heavy atom. The first kappa shape index (κ1) is 18.9. The van der Waals surface area contributed by atoms with Crippen molar-refractivity contribution in [2.24, 2.45) is 0 Å². The van der Waals surface area contributed by atoms with Gasteiger partial charge in [0.2, 0.25) is 5.91 Å². The highest BCUT2D eigenvalue weighted by Gasteiger charge is 2.40. The van der Waals surface area contributed by atoms with Crippen LogP contribution in [0.5, 0.6) is 0 Å². The molecule has 1 aromatic heterocycles. The monoisotopic (exact) mass is 366 g/mol. The van der Waals surface area contributed by atoms with Crippen LogP contribution in [-0.4, -0.2) is 80.5 Å². The Morgan fingerprint density at radius 2 is 1.96 bits per heavy atom. The second kappa shape index (κ2) is 8.66. The van der Waals surface area contributed by atoms with Crippen LogP contribution in [0.25, 0.3) is 0 Å². The van der Waals surface area contributed by atoms with E-state index in [1.165, 1.54) is 12.5 Å². The van der Waals surface area contributed by atoms with Crippen molar-refractivity contribution in [1.29, 1.82) is 0 Å². The molecule has 2 aliphatic heterocycles. The normalized spacial score (nSPS) is 19.0. The van der Waals surface area contributed by atoms with Gasteiger partial charge in [-0.2, -0.15) is 0 Å². The van der Waals surface area contributed by atoms with Gasteiger partial charge in [-0.3, -0.25) is 9.59 Å². The smallest absolute Gasteiger partial charge is 0.257 e. The minimum atomic E-state index is -0.488. The number of rotatable bonds is 7. The zero-order chi connectivity index (χ0) is 18.4. The molecule has 144 valence electrons. The fourth-order valence-electron chi connectivity index (χ4n) is 3.36. The zero-order valence-corrected chi connectivity index (χ0v) is 15.1.